The Morgan fingerprint density at radius 2 is 1.63 bits per heavy atom. The van der Waals surface area contributed by atoms with Crippen molar-refractivity contribution in [2.75, 3.05) is 44.2 Å². The van der Waals surface area contributed by atoms with E-state index in [1.54, 1.807) is 34.1 Å². The van der Waals surface area contributed by atoms with Gasteiger partial charge in [0.15, 0.2) is 0 Å². The van der Waals surface area contributed by atoms with Gasteiger partial charge >= 0.3 is 6.18 Å². The second-order valence-electron chi connectivity index (χ2n) is 9.34. The number of carbonyl (C=O) groups excluding carboxylic acids is 2. The van der Waals surface area contributed by atoms with Gasteiger partial charge in [0.25, 0.3) is 5.91 Å². The van der Waals surface area contributed by atoms with Crippen molar-refractivity contribution in [2.45, 2.75) is 18.3 Å². The number of benzene rings is 2. The van der Waals surface area contributed by atoms with Crippen LogP contribution >= 0.6 is 11.6 Å². The molecule has 2 saturated heterocycles. The molecule has 2 amide bonds. The summed E-state index contributed by atoms with van der Waals surface area (Å²) in [4.78, 5) is 37.3. The lowest BCUT2D eigenvalue weighted by Gasteiger charge is -2.38. The van der Waals surface area contributed by atoms with Gasteiger partial charge in [-0.15, -0.1) is 0 Å². The Kier molecular flexibility index (Phi) is 6.88. The fourth-order valence-corrected chi connectivity index (χ4v) is 5.09. The maximum atomic E-state index is 13.6. The maximum Gasteiger partial charge on any atom is 0.451 e. The Bertz CT molecular complexity index is 1380. The van der Waals surface area contributed by atoms with Crippen LogP contribution in [-0.4, -0.2) is 88.1 Å². The highest BCUT2D eigenvalue weighted by Crippen LogP contribution is 2.34. The number of aliphatic hydroxyl groups is 1. The minimum Gasteiger partial charge on any atom is -0.390 e. The molecule has 0 spiro atoms. The molecule has 5 rings (SSSR count). The number of nitrogens with two attached hydrogens (primary N) is 1. The molecule has 200 valence electrons. The number of fused-ring (bicyclic) bond motifs is 1. The predicted octanol–water partition coefficient (Wildman–Crippen LogP) is 2.41. The Morgan fingerprint density at radius 3 is 2.26 bits per heavy atom. The number of hydrogen-bond acceptors (Lipinski definition) is 7. The fraction of sp³-hybridized carbons (Fsp3) is 0.360. The Hall–Kier alpha value is -3.48. The zero-order valence-corrected chi connectivity index (χ0v) is 20.8. The molecule has 13 heteroatoms. The van der Waals surface area contributed by atoms with E-state index in [9.17, 15) is 27.9 Å². The summed E-state index contributed by atoms with van der Waals surface area (Å²) in [5, 5.41) is 11.7. The number of β-amino-alcohol motifs (C(OH)–C–C–N with tert-alkyl or cyclic N) is 1. The molecule has 38 heavy (non-hydrogen) atoms. The van der Waals surface area contributed by atoms with E-state index in [0.29, 0.717) is 36.8 Å². The molecule has 0 unspecified atom stereocenters. The van der Waals surface area contributed by atoms with Gasteiger partial charge in [0.1, 0.15) is 5.82 Å². The summed E-state index contributed by atoms with van der Waals surface area (Å²) in [7, 11) is 0. The van der Waals surface area contributed by atoms with E-state index in [-0.39, 0.29) is 47.3 Å². The zero-order valence-electron chi connectivity index (χ0n) is 20.0. The van der Waals surface area contributed by atoms with E-state index < -0.39 is 24.0 Å². The van der Waals surface area contributed by atoms with Crippen molar-refractivity contribution in [3.8, 4) is 0 Å². The summed E-state index contributed by atoms with van der Waals surface area (Å²) in [5.74, 6) is -2.18. The van der Waals surface area contributed by atoms with Gasteiger partial charge in [0.05, 0.1) is 17.7 Å². The van der Waals surface area contributed by atoms with Crippen molar-refractivity contribution in [3.05, 3.63) is 64.4 Å². The highest BCUT2D eigenvalue weighted by atomic mass is 35.5. The SMILES string of the molecule is NC(=O)c1ccc2nc(C(F)(F)F)nc(N3C[C@H](O)[C@@H](N4CCN(C(=O)c5ccc(Cl)cc5)CC4)C3)c2c1. The highest BCUT2D eigenvalue weighted by Gasteiger charge is 2.40. The number of piperazine rings is 1. The molecule has 3 aromatic rings. The van der Waals surface area contributed by atoms with Gasteiger partial charge in [-0.3, -0.25) is 14.5 Å². The van der Waals surface area contributed by atoms with Crippen LogP contribution in [0.1, 0.15) is 26.5 Å². The first kappa shape index (κ1) is 26.1. The standard InChI is InChI=1S/C25H24ClF3N6O3/c26-16-4-1-14(2-5-16)23(38)34-9-7-33(8-10-34)19-12-35(13-20(19)36)22-17-11-15(21(30)37)3-6-18(17)31-24(32-22)25(27,28)29/h1-6,11,19-20,36H,7-10,12-13H2,(H2,30,37)/t19-,20-/m0/s1. The van der Waals surface area contributed by atoms with E-state index in [4.69, 9.17) is 17.3 Å². The molecule has 0 bridgehead atoms. The summed E-state index contributed by atoms with van der Waals surface area (Å²) >= 11 is 5.90. The first-order valence-corrected chi connectivity index (χ1v) is 12.3. The lowest BCUT2D eigenvalue weighted by molar-refractivity contribution is -0.144. The molecule has 9 nitrogen and oxygen atoms in total. The summed E-state index contributed by atoms with van der Waals surface area (Å²) in [6, 6.07) is 10.2. The molecule has 3 N–H and O–H groups in total. The van der Waals surface area contributed by atoms with Crippen molar-refractivity contribution in [2.24, 2.45) is 5.73 Å². The van der Waals surface area contributed by atoms with Crippen LogP contribution in [0.3, 0.4) is 0 Å². The first-order chi connectivity index (χ1) is 18.0. The van der Waals surface area contributed by atoms with Gasteiger partial charge in [-0.2, -0.15) is 13.2 Å². The van der Waals surface area contributed by atoms with Gasteiger partial charge in [0.2, 0.25) is 11.7 Å². The Labute approximate surface area is 220 Å². The van der Waals surface area contributed by atoms with Gasteiger partial charge < -0.3 is 20.6 Å². The highest BCUT2D eigenvalue weighted by molar-refractivity contribution is 6.30. The minimum atomic E-state index is -4.78. The third kappa shape index (κ3) is 5.11. The topological polar surface area (TPSA) is 116 Å². The van der Waals surface area contributed by atoms with Gasteiger partial charge in [0, 0.05) is 60.8 Å². The molecule has 2 atom stereocenters. The van der Waals surface area contributed by atoms with Crippen LogP contribution in [0, 0.1) is 0 Å². The van der Waals surface area contributed by atoms with E-state index in [0.717, 1.165) is 0 Å². The molecule has 1 aromatic heterocycles. The molecular weight excluding hydrogens is 525 g/mol. The number of aliphatic hydroxyl groups excluding tert-OH is 1. The number of rotatable bonds is 4. The molecule has 0 aliphatic carbocycles. The second kappa shape index (κ2) is 10.0. The number of anilines is 1. The average Bonchev–Trinajstić information content (AvgIpc) is 3.28. The van der Waals surface area contributed by atoms with Gasteiger partial charge in [-0.05, 0) is 42.5 Å². The third-order valence-corrected chi connectivity index (χ3v) is 7.19. The lowest BCUT2D eigenvalue weighted by Crippen LogP contribution is -2.54. The number of nitrogens with zero attached hydrogens (tertiary/aromatic N) is 5. The number of amides is 2. The van der Waals surface area contributed by atoms with Crippen molar-refractivity contribution in [1.29, 1.82) is 0 Å². The quantitative estimate of drug-likeness (QED) is 0.514. The minimum absolute atomic E-state index is 0.0135. The van der Waals surface area contributed by atoms with Crippen LogP contribution in [0.5, 0.6) is 0 Å². The second-order valence-corrected chi connectivity index (χ2v) is 9.78. The number of hydrogen-bond donors (Lipinski definition) is 2. The van der Waals surface area contributed by atoms with Crippen LogP contribution in [0.15, 0.2) is 42.5 Å². The van der Waals surface area contributed by atoms with Crippen molar-refractivity contribution in [1.82, 2.24) is 19.8 Å². The van der Waals surface area contributed by atoms with Crippen LogP contribution in [0.2, 0.25) is 5.02 Å². The number of carbonyl (C=O) groups is 2. The van der Waals surface area contributed by atoms with E-state index in [2.05, 4.69) is 9.97 Å². The first-order valence-electron chi connectivity index (χ1n) is 11.9. The van der Waals surface area contributed by atoms with Crippen molar-refractivity contribution in [3.63, 3.8) is 0 Å². The summed E-state index contributed by atoms with van der Waals surface area (Å²) in [6.45, 7) is 2.08. The number of halogens is 4. The molecule has 3 heterocycles. The monoisotopic (exact) mass is 548 g/mol. The molecule has 2 aromatic carbocycles. The predicted molar refractivity (Wildman–Crippen MR) is 134 cm³/mol. The normalized spacial score (nSPS) is 20.8. The lowest BCUT2D eigenvalue weighted by atomic mass is 10.1. The summed E-state index contributed by atoms with van der Waals surface area (Å²) in [5.41, 5.74) is 6.02. The van der Waals surface area contributed by atoms with Crippen LogP contribution < -0.4 is 10.6 Å². The van der Waals surface area contributed by atoms with E-state index >= 15 is 0 Å². The van der Waals surface area contributed by atoms with Gasteiger partial charge in [-0.1, -0.05) is 11.6 Å². The van der Waals surface area contributed by atoms with Crippen molar-refractivity contribution < 1.29 is 27.9 Å². The Balaban J connectivity index is 1.35. The van der Waals surface area contributed by atoms with Crippen LogP contribution in [-0.2, 0) is 6.18 Å². The summed E-state index contributed by atoms with van der Waals surface area (Å²) in [6.07, 6.45) is -5.65. The molecule has 2 fully saturated rings. The van der Waals surface area contributed by atoms with Gasteiger partial charge in [-0.25, -0.2) is 9.97 Å². The maximum absolute atomic E-state index is 13.6. The van der Waals surface area contributed by atoms with E-state index in [1.807, 2.05) is 4.90 Å². The number of alkyl halides is 3. The molecule has 2 aliphatic heterocycles. The third-order valence-electron chi connectivity index (χ3n) is 6.93. The molecule has 2 aliphatic rings. The van der Waals surface area contributed by atoms with Crippen molar-refractivity contribution >= 4 is 40.1 Å². The molecule has 0 saturated carbocycles. The van der Waals surface area contributed by atoms with Crippen LogP contribution in [0.4, 0.5) is 19.0 Å². The number of aromatic nitrogens is 2. The Morgan fingerprint density at radius 1 is 0.974 bits per heavy atom. The van der Waals surface area contributed by atoms with Crippen LogP contribution in [0.25, 0.3) is 10.9 Å². The smallest absolute Gasteiger partial charge is 0.390 e. The fourth-order valence-electron chi connectivity index (χ4n) is 4.97. The molecule has 0 radical (unpaired) electrons. The zero-order chi connectivity index (χ0) is 27.2. The average molecular weight is 549 g/mol. The van der Waals surface area contributed by atoms with E-state index in [1.165, 1.54) is 18.2 Å². The largest absolute Gasteiger partial charge is 0.451 e. The molecular formula is C25H24ClF3N6O3. The number of primary amides is 1. The summed E-state index contributed by atoms with van der Waals surface area (Å²) < 4.78 is 40.7.